The van der Waals surface area contributed by atoms with Crippen molar-refractivity contribution in [2.24, 2.45) is 0 Å². The van der Waals surface area contributed by atoms with E-state index in [0.29, 0.717) is 28.1 Å². The summed E-state index contributed by atoms with van der Waals surface area (Å²) in [4.78, 5) is 11.5. The van der Waals surface area contributed by atoms with Crippen LogP contribution < -0.4 is 15.5 Å². The lowest BCUT2D eigenvalue weighted by Crippen LogP contribution is -2.37. The standard InChI is InChI=1S/C23H27Cl2N5/c1-30(2)22-20-5-3-4-6-21(20)28-23(29-22)27-19-9-7-18(8-10-19)26-14-15-11-16(24)13-17(25)12-15/h3-6,11-13,18-19,26H,7-10,14H2,1-2H3,(H,27,28,29)/t18-,19+. The molecular weight excluding hydrogens is 417 g/mol. The molecule has 158 valence electrons. The highest BCUT2D eigenvalue weighted by Gasteiger charge is 2.22. The second kappa shape index (κ2) is 9.38. The van der Waals surface area contributed by atoms with Gasteiger partial charge in [-0.15, -0.1) is 0 Å². The number of halogens is 2. The zero-order valence-electron chi connectivity index (χ0n) is 17.3. The third kappa shape index (κ3) is 5.15. The molecule has 4 rings (SSSR count). The molecule has 5 nitrogen and oxygen atoms in total. The first-order valence-corrected chi connectivity index (χ1v) is 11.1. The molecule has 7 heteroatoms. The van der Waals surface area contributed by atoms with E-state index in [1.807, 2.05) is 49.3 Å². The molecule has 0 bridgehead atoms. The maximum absolute atomic E-state index is 6.10. The molecule has 0 spiro atoms. The molecule has 1 aliphatic rings. The third-order valence-electron chi connectivity index (χ3n) is 5.58. The maximum atomic E-state index is 6.10. The number of nitrogens with one attached hydrogen (secondary N) is 2. The normalized spacial score (nSPS) is 19.1. The van der Waals surface area contributed by atoms with Crippen molar-refractivity contribution in [3.8, 4) is 0 Å². The van der Waals surface area contributed by atoms with E-state index in [4.69, 9.17) is 33.2 Å². The summed E-state index contributed by atoms with van der Waals surface area (Å²) in [7, 11) is 4.03. The summed E-state index contributed by atoms with van der Waals surface area (Å²) in [6.07, 6.45) is 4.39. The minimum Gasteiger partial charge on any atom is -0.362 e. The van der Waals surface area contributed by atoms with Crippen LogP contribution in [0.5, 0.6) is 0 Å². The van der Waals surface area contributed by atoms with Crippen LogP contribution in [-0.2, 0) is 6.54 Å². The van der Waals surface area contributed by atoms with Crippen LogP contribution in [0.2, 0.25) is 10.0 Å². The van der Waals surface area contributed by atoms with Crippen LogP contribution in [0.15, 0.2) is 42.5 Å². The van der Waals surface area contributed by atoms with Gasteiger partial charge in [-0.3, -0.25) is 0 Å². The minimum absolute atomic E-state index is 0.389. The number of fused-ring (bicyclic) bond motifs is 1. The monoisotopic (exact) mass is 443 g/mol. The second-order valence-corrected chi connectivity index (χ2v) is 9.01. The zero-order valence-corrected chi connectivity index (χ0v) is 18.8. The number of rotatable bonds is 6. The number of benzene rings is 2. The fourth-order valence-corrected chi connectivity index (χ4v) is 4.64. The van der Waals surface area contributed by atoms with Gasteiger partial charge in [0.25, 0.3) is 0 Å². The summed E-state index contributed by atoms with van der Waals surface area (Å²) in [6.45, 7) is 0.781. The molecule has 1 heterocycles. The van der Waals surface area contributed by atoms with E-state index in [0.717, 1.165) is 54.5 Å². The molecule has 2 aromatic carbocycles. The Bertz CT molecular complexity index is 995. The summed E-state index contributed by atoms with van der Waals surface area (Å²) >= 11 is 12.2. The van der Waals surface area contributed by atoms with E-state index in [1.165, 1.54) is 0 Å². The van der Waals surface area contributed by atoms with Crippen LogP contribution in [0.3, 0.4) is 0 Å². The van der Waals surface area contributed by atoms with Crippen molar-refractivity contribution >= 4 is 45.9 Å². The topological polar surface area (TPSA) is 53.1 Å². The number of para-hydroxylation sites is 1. The van der Waals surface area contributed by atoms with E-state index in [1.54, 1.807) is 6.07 Å². The largest absolute Gasteiger partial charge is 0.362 e. The van der Waals surface area contributed by atoms with Crippen LogP contribution in [0.4, 0.5) is 11.8 Å². The fraction of sp³-hybridized carbons (Fsp3) is 0.391. The van der Waals surface area contributed by atoms with E-state index in [2.05, 4.69) is 16.7 Å². The Hall–Kier alpha value is -2.08. The van der Waals surface area contributed by atoms with Gasteiger partial charge in [0.15, 0.2) is 0 Å². The molecule has 0 unspecified atom stereocenters. The molecule has 30 heavy (non-hydrogen) atoms. The smallest absolute Gasteiger partial charge is 0.225 e. The van der Waals surface area contributed by atoms with Gasteiger partial charge in [-0.2, -0.15) is 4.98 Å². The van der Waals surface area contributed by atoms with Crippen LogP contribution in [-0.4, -0.2) is 36.1 Å². The molecule has 0 radical (unpaired) electrons. The lowest BCUT2D eigenvalue weighted by molar-refractivity contribution is 0.352. The quantitative estimate of drug-likeness (QED) is 0.525. The van der Waals surface area contributed by atoms with Crippen LogP contribution in [0, 0.1) is 0 Å². The first-order valence-electron chi connectivity index (χ1n) is 10.4. The van der Waals surface area contributed by atoms with Gasteiger partial charge < -0.3 is 15.5 Å². The lowest BCUT2D eigenvalue weighted by atomic mass is 9.91. The first kappa shape index (κ1) is 21.2. The van der Waals surface area contributed by atoms with Crippen molar-refractivity contribution in [1.29, 1.82) is 0 Å². The summed E-state index contributed by atoms with van der Waals surface area (Å²) in [5.74, 6) is 1.65. The molecule has 0 amide bonds. The van der Waals surface area contributed by atoms with Crippen LogP contribution in [0.1, 0.15) is 31.2 Å². The zero-order chi connectivity index (χ0) is 21.1. The molecule has 0 atom stereocenters. The summed E-state index contributed by atoms with van der Waals surface area (Å²) < 4.78 is 0. The predicted molar refractivity (Wildman–Crippen MR) is 127 cm³/mol. The van der Waals surface area contributed by atoms with Crippen LogP contribution >= 0.6 is 23.2 Å². The summed E-state index contributed by atoms with van der Waals surface area (Å²) in [6, 6.07) is 14.7. The van der Waals surface area contributed by atoms with E-state index < -0.39 is 0 Å². The Morgan fingerprint density at radius 1 is 0.933 bits per heavy atom. The molecule has 3 aromatic rings. The van der Waals surface area contributed by atoms with Crippen molar-refractivity contribution in [2.45, 2.75) is 44.3 Å². The molecular formula is C23H27Cl2N5. The van der Waals surface area contributed by atoms with E-state index in [-0.39, 0.29) is 0 Å². The maximum Gasteiger partial charge on any atom is 0.225 e. The van der Waals surface area contributed by atoms with Crippen molar-refractivity contribution in [2.75, 3.05) is 24.3 Å². The van der Waals surface area contributed by atoms with Gasteiger partial charge >= 0.3 is 0 Å². The molecule has 2 N–H and O–H groups in total. The number of aromatic nitrogens is 2. The van der Waals surface area contributed by atoms with Crippen molar-refractivity contribution in [3.05, 3.63) is 58.1 Å². The predicted octanol–water partition coefficient (Wildman–Crippen LogP) is 5.52. The van der Waals surface area contributed by atoms with Crippen LogP contribution in [0.25, 0.3) is 10.9 Å². The molecule has 1 aliphatic carbocycles. The Morgan fingerprint density at radius 2 is 1.60 bits per heavy atom. The van der Waals surface area contributed by atoms with Crippen molar-refractivity contribution in [1.82, 2.24) is 15.3 Å². The Balaban J connectivity index is 1.34. The number of nitrogens with zero attached hydrogens (tertiary/aromatic N) is 3. The Labute approximate surface area is 187 Å². The van der Waals surface area contributed by atoms with Gasteiger partial charge in [0.2, 0.25) is 5.95 Å². The summed E-state index contributed by atoms with van der Waals surface area (Å²) in [5.41, 5.74) is 2.09. The SMILES string of the molecule is CN(C)c1nc(N[C@H]2CC[C@@H](NCc3cc(Cl)cc(Cl)c3)CC2)nc2ccccc12. The molecule has 1 aromatic heterocycles. The van der Waals surface area contributed by atoms with Crippen molar-refractivity contribution in [3.63, 3.8) is 0 Å². The van der Waals surface area contributed by atoms with E-state index >= 15 is 0 Å². The molecule has 1 saturated carbocycles. The van der Waals surface area contributed by atoms with Crippen molar-refractivity contribution < 1.29 is 0 Å². The average molecular weight is 444 g/mol. The Kier molecular flexibility index (Phi) is 6.61. The number of hydrogen-bond donors (Lipinski definition) is 2. The first-order chi connectivity index (χ1) is 14.5. The van der Waals surface area contributed by atoms with Gasteiger partial charge in [0.1, 0.15) is 5.82 Å². The minimum atomic E-state index is 0.389. The van der Waals surface area contributed by atoms with Gasteiger partial charge in [0, 0.05) is 48.2 Å². The van der Waals surface area contributed by atoms with Gasteiger partial charge in [-0.1, -0.05) is 35.3 Å². The summed E-state index contributed by atoms with van der Waals surface area (Å²) in [5, 5.41) is 9.64. The average Bonchev–Trinajstić information content (AvgIpc) is 2.72. The number of hydrogen-bond acceptors (Lipinski definition) is 5. The van der Waals surface area contributed by atoms with Gasteiger partial charge in [-0.25, -0.2) is 4.98 Å². The third-order valence-corrected chi connectivity index (χ3v) is 6.02. The highest BCUT2D eigenvalue weighted by atomic mass is 35.5. The molecule has 0 aliphatic heterocycles. The molecule has 1 fully saturated rings. The fourth-order valence-electron chi connectivity index (χ4n) is 4.06. The van der Waals surface area contributed by atoms with Gasteiger partial charge in [-0.05, 0) is 61.6 Å². The number of anilines is 2. The lowest BCUT2D eigenvalue weighted by Gasteiger charge is -2.30. The highest BCUT2D eigenvalue weighted by Crippen LogP contribution is 2.26. The van der Waals surface area contributed by atoms with E-state index in [9.17, 15) is 0 Å². The molecule has 0 saturated heterocycles. The van der Waals surface area contributed by atoms with Gasteiger partial charge in [0.05, 0.1) is 5.52 Å². The second-order valence-electron chi connectivity index (χ2n) is 8.13. The Morgan fingerprint density at radius 3 is 2.30 bits per heavy atom. The highest BCUT2D eigenvalue weighted by molar-refractivity contribution is 6.34.